The molecule has 30 heavy (non-hydrogen) atoms. The van der Waals surface area contributed by atoms with Crippen LogP contribution in [0, 0.1) is 11.8 Å². The Morgan fingerprint density at radius 2 is 1.77 bits per heavy atom. The first-order chi connectivity index (χ1) is 14.7. The van der Waals surface area contributed by atoms with Crippen molar-refractivity contribution in [1.29, 1.82) is 0 Å². The standard InChI is InChI=1S/C25H21N3O2/c1-3-28(4-2)21-12-11-19-15-20(25(29)30-24(19)16-21)10-8-18-9-13-23(27-17-18)22-7-5-6-14-26-22/h5-7,9,11-17H,3-4H2,1-2H3. The Hall–Kier alpha value is -3.91. The van der Waals surface area contributed by atoms with E-state index in [-0.39, 0.29) is 0 Å². The van der Waals surface area contributed by atoms with Crippen molar-refractivity contribution in [2.45, 2.75) is 13.8 Å². The van der Waals surface area contributed by atoms with Crippen molar-refractivity contribution < 1.29 is 4.42 Å². The van der Waals surface area contributed by atoms with Crippen molar-refractivity contribution >= 4 is 16.7 Å². The van der Waals surface area contributed by atoms with Crippen molar-refractivity contribution in [3.63, 3.8) is 0 Å². The molecule has 3 heterocycles. The van der Waals surface area contributed by atoms with Crippen LogP contribution in [-0.2, 0) is 0 Å². The van der Waals surface area contributed by atoms with Gasteiger partial charge >= 0.3 is 5.63 Å². The molecule has 0 saturated heterocycles. The van der Waals surface area contributed by atoms with Crippen LogP contribution >= 0.6 is 0 Å². The molecule has 0 fully saturated rings. The lowest BCUT2D eigenvalue weighted by molar-refractivity contribution is 0.558. The van der Waals surface area contributed by atoms with Crippen molar-refractivity contribution in [2.24, 2.45) is 0 Å². The molecule has 0 saturated carbocycles. The molecule has 5 nitrogen and oxygen atoms in total. The summed E-state index contributed by atoms with van der Waals surface area (Å²) in [5.41, 5.74) is 3.78. The quantitative estimate of drug-likeness (QED) is 0.376. The van der Waals surface area contributed by atoms with Crippen LogP contribution in [0.2, 0.25) is 0 Å². The predicted octanol–water partition coefficient (Wildman–Crippen LogP) is 4.50. The van der Waals surface area contributed by atoms with Crippen LogP contribution in [-0.4, -0.2) is 23.1 Å². The van der Waals surface area contributed by atoms with E-state index < -0.39 is 5.63 Å². The molecular formula is C25H21N3O2. The summed E-state index contributed by atoms with van der Waals surface area (Å²) in [7, 11) is 0. The van der Waals surface area contributed by atoms with Crippen molar-refractivity contribution in [2.75, 3.05) is 18.0 Å². The zero-order valence-corrected chi connectivity index (χ0v) is 16.9. The van der Waals surface area contributed by atoms with Gasteiger partial charge in [-0.25, -0.2) is 4.79 Å². The molecule has 0 bridgehead atoms. The zero-order valence-electron chi connectivity index (χ0n) is 16.9. The van der Waals surface area contributed by atoms with Crippen molar-refractivity contribution in [1.82, 2.24) is 9.97 Å². The molecule has 0 radical (unpaired) electrons. The number of hydrogen-bond donors (Lipinski definition) is 0. The van der Waals surface area contributed by atoms with Gasteiger partial charge in [0.1, 0.15) is 11.1 Å². The second-order valence-corrected chi connectivity index (χ2v) is 6.74. The van der Waals surface area contributed by atoms with Gasteiger partial charge in [-0.05, 0) is 56.3 Å². The second-order valence-electron chi connectivity index (χ2n) is 6.74. The summed E-state index contributed by atoms with van der Waals surface area (Å²) >= 11 is 0. The molecule has 0 aliphatic carbocycles. The number of nitrogens with zero attached hydrogens (tertiary/aromatic N) is 3. The third-order valence-corrected chi connectivity index (χ3v) is 4.88. The minimum atomic E-state index is -0.440. The molecule has 0 spiro atoms. The second kappa shape index (κ2) is 8.62. The molecule has 0 aliphatic rings. The van der Waals surface area contributed by atoms with E-state index in [4.69, 9.17) is 4.42 Å². The summed E-state index contributed by atoms with van der Waals surface area (Å²) < 4.78 is 5.53. The van der Waals surface area contributed by atoms with Gasteiger partial charge in [-0.1, -0.05) is 17.9 Å². The SMILES string of the molecule is CCN(CC)c1ccc2cc(C#Cc3ccc(-c4ccccn4)nc3)c(=O)oc2c1. The molecule has 0 N–H and O–H groups in total. The first kappa shape index (κ1) is 19.4. The van der Waals surface area contributed by atoms with E-state index >= 15 is 0 Å². The van der Waals surface area contributed by atoms with Crippen LogP contribution in [0.25, 0.3) is 22.4 Å². The van der Waals surface area contributed by atoms with Crippen LogP contribution in [0.15, 0.2) is 76.2 Å². The van der Waals surface area contributed by atoms with Crippen LogP contribution in [0.1, 0.15) is 25.0 Å². The maximum absolute atomic E-state index is 12.4. The maximum Gasteiger partial charge on any atom is 0.352 e. The van der Waals surface area contributed by atoms with Gasteiger partial charge in [-0.15, -0.1) is 0 Å². The van der Waals surface area contributed by atoms with E-state index in [1.807, 2.05) is 48.5 Å². The highest BCUT2D eigenvalue weighted by Crippen LogP contribution is 2.22. The van der Waals surface area contributed by atoms with Gasteiger partial charge in [0.2, 0.25) is 0 Å². The number of fused-ring (bicyclic) bond motifs is 1. The number of rotatable bonds is 4. The van der Waals surface area contributed by atoms with Gasteiger partial charge in [-0.2, -0.15) is 0 Å². The molecule has 4 aromatic rings. The van der Waals surface area contributed by atoms with Gasteiger partial charge in [0.05, 0.1) is 11.4 Å². The van der Waals surface area contributed by atoms with Gasteiger partial charge in [0, 0.05) is 48.2 Å². The van der Waals surface area contributed by atoms with E-state index in [9.17, 15) is 4.79 Å². The Bertz CT molecular complexity index is 1280. The molecule has 4 rings (SSSR count). The van der Waals surface area contributed by atoms with Crippen molar-refractivity contribution in [3.8, 4) is 23.2 Å². The average Bonchev–Trinajstić information content (AvgIpc) is 2.79. The third-order valence-electron chi connectivity index (χ3n) is 4.88. The average molecular weight is 395 g/mol. The minimum Gasteiger partial charge on any atom is -0.422 e. The molecule has 3 aromatic heterocycles. The van der Waals surface area contributed by atoms with Gasteiger partial charge in [0.25, 0.3) is 0 Å². The largest absolute Gasteiger partial charge is 0.422 e. The molecule has 1 aromatic carbocycles. The summed E-state index contributed by atoms with van der Waals surface area (Å²) in [6.45, 7) is 5.98. The normalized spacial score (nSPS) is 10.5. The van der Waals surface area contributed by atoms with Gasteiger partial charge < -0.3 is 9.32 Å². The fraction of sp³-hybridized carbons (Fsp3) is 0.160. The fourth-order valence-electron chi connectivity index (χ4n) is 3.25. The number of pyridine rings is 2. The van der Waals surface area contributed by atoms with E-state index in [1.165, 1.54) is 0 Å². The first-order valence-corrected chi connectivity index (χ1v) is 9.90. The number of hydrogen-bond acceptors (Lipinski definition) is 5. The summed E-state index contributed by atoms with van der Waals surface area (Å²) in [6, 6.07) is 17.1. The van der Waals surface area contributed by atoms with E-state index in [0.717, 1.165) is 35.6 Å². The molecule has 5 heteroatoms. The van der Waals surface area contributed by atoms with Gasteiger partial charge in [-0.3, -0.25) is 9.97 Å². The summed E-state index contributed by atoms with van der Waals surface area (Å²) in [5, 5.41) is 0.846. The lowest BCUT2D eigenvalue weighted by Gasteiger charge is -2.20. The number of benzene rings is 1. The first-order valence-electron chi connectivity index (χ1n) is 9.90. The Morgan fingerprint density at radius 3 is 2.47 bits per heavy atom. The Kier molecular flexibility index (Phi) is 5.58. The Balaban J connectivity index is 1.62. The van der Waals surface area contributed by atoms with Crippen LogP contribution in [0.3, 0.4) is 0 Å². The Morgan fingerprint density at radius 1 is 0.933 bits per heavy atom. The lowest BCUT2D eigenvalue weighted by atomic mass is 10.1. The monoisotopic (exact) mass is 395 g/mol. The lowest BCUT2D eigenvalue weighted by Crippen LogP contribution is -2.21. The topological polar surface area (TPSA) is 59.2 Å². The highest BCUT2D eigenvalue weighted by molar-refractivity contribution is 5.81. The zero-order chi connectivity index (χ0) is 20.9. The smallest absolute Gasteiger partial charge is 0.352 e. The van der Waals surface area contributed by atoms with Crippen molar-refractivity contribution in [3.05, 3.63) is 88.5 Å². The molecule has 0 unspecified atom stereocenters. The predicted molar refractivity (Wildman–Crippen MR) is 119 cm³/mol. The summed E-state index contributed by atoms with van der Waals surface area (Å²) in [5.74, 6) is 5.91. The van der Waals surface area contributed by atoms with E-state index in [2.05, 4.69) is 40.6 Å². The highest BCUT2D eigenvalue weighted by atomic mass is 16.4. The maximum atomic E-state index is 12.4. The molecule has 0 atom stereocenters. The van der Waals surface area contributed by atoms with Crippen LogP contribution in [0.5, 0.6) is 0 Å². The highest BCUT2D eigenvalue weighted by Gasteiger charge is 2.07. The summed E-state index contributed by atoms with van der Waals surface area (Å²) in [6.07, 6.45) is 3.41. The van der Waals surface area contributed by atoms with E-state index in [0.29, 0.717) is 16.7 Å². The molecule has 0 amide bonds. The molecule has 0 aliphatic heterocycles. The fourth-order valence-corrected chi connectivity index (χ4v) is 3.25. The van der Waals surface area contributed by atoms with E-state index in [1.54, 1.807) is 18.5 Å². The number of aromatic nitrogens is 2. The Labute approximate surface area is 175 Å². The third kappa shape index (κ3) is 4.08. The van der Waals surface area contributed by atoms with Crippen LogP contribution < -0.4 is 10.5 Å². The minimum absolute atomic E-state index is 0.326. The summed E-state index contributed by atoms with van der Waals surface area (Å²) in [4.78, 5) is 23.3. The van der Waals surface area contributed by atoms with Gasteiger partial charge in [0.15, 0.2) is 0 Å². The van der Waals surface area contributed by atoms with Crippen LogP contribution in [0.4, 0.5) is 5.69 Å². The molecular weight excluding hydrogens is 374 g/mol. The number of anilines is 1. The molecule has 148 valence electrons.